The lowest BCUT2D eigenvalue weighted by atomic mass is 10.1. The summed E-state index contributed by atoms with van der Waals surface area (Å²) in [4.78, 5) is 0. The highest BCUT2D eigenvalue weighted by Gasteiger charge is 2.02. The highest BCUT2D eigenvalue weighted by molar-refractivity contribution is 5.45. The van der Waals surface area contributed by atoms with Crippen LogP contribution in [0.15, 0.2) is 42.5 Å². The Kier molecular flexibility index (Phi) is 4.73. The van der Waals surface area contributed by atoms with Crippen LogP contribution in [0.1, 0.15) is 30.0 Å². The summed E-state index contributed by atoms with van der Waals surface area (Å²) in [6.45, 7) is 2.73. The number of aryl methyl sites for hydroxylation is 1. The Morgan fingerprint density at radius 3 is 2.45 bits per heavy atom. The molecule has 0 aliphatic carbocycles. The molecule has 0 atom stereocenters. The van der Waals surface area contributed by atoms with Crippen molar-refractivity contribution in [3.63, 3.8) is 0 Å². The number of anilines is 1. The molecular formula is C17H17FN2. The molecule has 0 heterocycles. The summed E-state index contributed by atoms with van der Waals surface area (Å²) in [5, 5.41) is 12.1. The van der Waals surface area contributed by atoms with Crippen molar-refractivity contribution in [1.82, 2.24) is 0 Å². The predicted molar refractivity (Wildman–Crippen MR) is 78.9 cm³/mol. The van der Waals surface area contributed by atoms with Gasteiger partial charge in [0.25, 0.3) is 0 Å². The molecule has 20 heavy (non-hydrogen) atoms. The number of rotatable bonds is 5. The number of hydrogen-bond donors (Lipinski definition) is 1. The van der Waals surface area contributed by atoms with Gasteiger partial charge in [-0.3, -0.25) is 0 Å². The van der Waals surface area contributed by atoms with E-state index in [4.69, 9.17) is 5.26 Å². The van der Waals surface area contributed by atoms with Gasteiger partial charge in [0.1, 0.15) is 11.9 Å². The zero-order chi connectivity index (χ0) is 14.4. The largest absolute Gasteiger partial charge is 0.381 e. The van der Waals surface area contributed by atoms with E-state index in [1.165, 1.54) is 11.6 Å². The summed E-state index contributed by atoms with van der Waals surface area (Å²) in [6, 6.07) is 14.8. The minimum Gasteiger partial charge on any atom is -0.381 e. The summed E-state index contributed by atoms with van der Waals surface area (Å²) in [5.74, 6) is -0.472. The maximum Gasteiger partial charge on any atom is 0.140 e. The van der Waals surface area contributed by atoms with Crippen LogP contribution in [0.3, 0.4) is 0 Å². The highest BCUT2D eigenvalue weighted by atomic mass is 19.1. The third-order valence-electron chi connectivity index (χ3n) is 3.14. The maximum atomic E-state index is 13.2. The lowest BCUT2D eigenvalue weighted by Gasteiger charge is -2.08. The van der Waals surface area contributed by atoms with Gasteiger partial charge in [-0.05, 0) is 41.8 Å². The van der Waals surface area contributed by atoms with E-state index in [9.17, 15) is 4.39 Å². The Bertz CT molecular complexity index is 612. The van der Waals surface area contributed by atoms with Gasteiger partial charge in [-0.15, -0.1) is 0 Å². The molecule has 2 aromatic carbocycles. The molecule has 0 aliphatic rings. The van der Waals surface area contributed by atoms with E-state index in [0.717, 1.165) is 24.1 Å². The third-order valence-corrected chi connectivity index (χ3v) is 3.14. The molecule has 0 unspecified atom stereocenters. The fourth-order valence-electron chi connectivity index (χ4n) is 2.05. The van der Waals surface area contributed by atoms with E-state index < -0.39 is 5.82 Å². The monoisotopic (exact) mass is 268 g/mol. The van der Waals surface area contributed by atoms with E-state index >= 15 is 0 Å². The van der Waals surface area contributed by atoms with Crippen molar-refractivity contribution < 1.29 is 4.39 Å². The van der Waals surface area contributed by atoms with Crippen molar-refractivity contribution in [3.8, 4) is 6.07 Å². The van der Waals surface area contributed by atoms with Gasteiger partial charge in [-0.1, -0.05) is 31.5 Å². The molecule has 0 aliphatic heterocycles. The first-order chi connectivity index (χ1) is 9.72. The smallest absolute Gasteiger partial charge is 0.140 e. The molecule has 2 aromatic rings. The van der Waals surface area contributed by atoms with E-state index in [1.807, 2.05) is 18.2 Å². The third kappa shape index (κ3) is 3.58. The average molecular weight is 268 g/mol. The Labute approximate surface area is 118 Å². The molecular weight excluding hydrogens is 251 g/mol. The molecule has 2 nitrogen and oxygen atoms in total. The van der Waals surface area contributed by atoms with Crippen LogP contribution in [-0.2, 0) is 13.0 Å². The normalized spacial score (nSPS) is 10.1. The van der Waals surface area contributed by atoms with Crippen LogP contribution in [0.2, 0.25) is 0 Å². The Hall–Kier alpha value is -2.34. The van der Waals surface area contributed by atoms with E-state index in [1.54, 1.807) is 12.1 Å². The second-order valence-electron chi connectivity index (χ2n) is 4.73. The van der Waals surface area contributed by atoms with Crippen molar-refractivity contribution in [2.75, 3.05) is 5.32 Å². The van der Waals surface area contributed by atoms with Gasteiger partial charge in [-0.2, -0.15) is 5.26 Å². The molecule has 102 valence electrons. The average Bonchev–Trinajstić information content (AvgIpc) is 2.48. The summed E-state index contributed by atoms with van der Waals surface area (Å²) < 4.78 is 13.2. The lowest BCUT2D eigenvalue weighted by molar-refractivity contribution is 0.623. The molecule has 3 heteroatoms. The van der Waals surface area contributed by atoms with Crippen molar-refractivity contribution in [1.29, 1.82) is 5.26 Å². The number of hydrogen-bond acceptors (Lipinski definition) is 2. The quantitative estimate of drug-likeness (QED) is 0.879. The molecule has 0 fully saturated rings. The zero-order valence-electron chi connectivity index (χ0n) is 11.5. The molecule has 0 radical (unpaired) electrons. The first kappa shape index (κ1) is 14.1. The van der Waals surface area contributed by atoms with Crippen LogP contribution >= 0.6 is 0 Å². The Morgan fingerprint density at radius 2 is 1.80 bits per heavy atom. The van der Waals surface area contributed by atoms with Crippen LogP contribution in [-0.4, -0.2) is 0 Å². The van der Waals surface area contributed by atoms with Crippen molar-refractivity contribution >= 4 is 5.69 Å². The van der Waals surface area contributed by atoms with Gasteiger partial charge >= 0.3 is 0 Å². The Morgan fingerprint density at radius 1 is 1.10 bits per heavy atom. The van der Waals surface area contributed by atoms with Gasteiger partial charge in [0, 0.05) is 12.2 Å². The second-order valence-corrected chi connectivity index (χ2v) is 4.73. The van der Waals surface area contributed by atoms with E-state index in [2.05, 4.69) is 24.4 Å². The number of nitriles is 1. The molecule has 0 saturated heterocycles. The zero-order valence-corrected chi connectivity index (χ0v) is 11.5. The summed E-state index contributed by atoms with van der Waals surface area (Å²) in [7, 11) is 0. The minimum atomic E-state index is -0.472. The van der Waals surface area contributed by atoms with Crippen LogP contribution in [0.4, 0.5) is 10.1 Å². The molecule has 0 spiro atoms. The fraction of sp³-hybridized carbons (Fsp3) is 0.235. The van der Waals surface area contributed by atoms with Crippen LogP contribution in [0.5, 0.6) is 0 Å². The van der Waals surface area contributed by atoms with Gasteiger partial charge in [-0.25, -0.2) is 4.39 Å². The molecule has 0 bridgehead atoms. The molecule has 0 saturated carbocycles. The lowest BCUT2D eigenvalue weighted by Crippen LogP contribution is -2.00. The first-order valence-electron chi connectivity index (χ1n) is 6.74. The number of halogens is 1. The van der Waals surface area contributed by atoms with E-state index in [0.29, 0.717) is 6.54 Å². The second kappa shape index (κ2) is 6.72. The highest BCUT2D eigenvalue weighted by Crippen LogP contribution is 2.14. The fourth-order valence-corrected chi connectivity index (χ4v) is 2.05. The van der Waals surface area contributed by atoms with Crippen LogP contribution in [0, 0.1) is 17.1 Å². The van der Waals surface area contributed by atoms with Crippen LogP contribution < -0.4 is 5.32 Å². The number of nitrogens with one attached hydrogen (secondary N) is 1. The van der Waals surface area contributed by atoms with Crippen molar-refractivity contribution in [3.05, 3.63) is 65.0 Å². The van der Waals surface area contributed by atoms with Crippen LogP contribution in [0.25, 0.3) is 0 Å². The van der Waals surface area contributed by atoms with Gasteiger partial charge in [0.15, 0.2) is 0 Å². The molecule has 0 amide bonds. The Balaban J connectivity index is 2.00. The molecule has 1 N–H and O–H groups in total. The predicted octanol–water partition coefficient (Wildman–Crippen LogP) is 4.26. The molecule has 0 aromatic heterocycles. The SMILES string of the molecule is CCCc1ccc(NCc2ccc(F)c(C#N)c2)cc1. The number of nitrogens with zero attached hydrogens (tertiary/aromatic N) is 1. The summed E-state index contributed by atoms with van der Waals surface area (Å²) in [6.07, 6.45) is 2.23. The maximum absolute atomic E-state index is 13.2. The van der Waals surface area contributed by atoms with Gasteiger partial charge in [0.2, 0.25) is 0 Å². The van der Waals surface area contributed by atoms with Gasteiger partial charge < -0.3 is 5.32 Å². The van der Waals surface area contributed by atoms with Crippen molar-refractivity contribution in [2.45, 2.75) is 26.3 Å². The minimum absolute atomic E-state index is 0.0857. The standard InChI is InChI=1S/C17H17FN2/c1-2-3-13-4-7-16(8-5-13)20-12-14-6-9-17(18)15(10-14)11-19/h4-10,20H,2-3,12H2,1H3. The summed E-state index contributed by atoms with van der Waals surface area (Å²) >= 11 is 0. The first-order valence-corrected chi connectivity index (χ1v) is 6.74. The summed E-state index contributed by atoms with van der Waals surface area (Å²) in [5.41, 5.74) is 3.32. The van der Waals surface area contributed by atoms with E-state index in [-0.39, 0.29) is 5.56 Å². The number of benzene rings is 2. The van der Waals surface area contributed by atoms with Gasteiger partial charge in [0.05, 0.1) is 5.56 Å². The molecule has 2 rings (SSSR count). The van der Waals surface area contributed by atoms with Crippen molar-refractivity contribution in [2.24, 2.45) is 0 Å². The topological polar surface area (TPSA) is 35.8 Å².